The van der Waals surface area contributed by atoms with E-state index in [9.17, 15) is 0 Å². The summed E-state index contributed by atoms with van der Waals surface area (Å²) >= 11 is 0. The molecule has 0 aliphatic heterocycles. The van der Waals surface area contributed by atoms with Gasteiger partial charge in [0.05, 0.1) is 5.69 Å². The van der Waals surface area contributed by atoms with E-state index in [-0.39, 0.29) is 5.41 Å². The van der Waals surface area contributed by atoms with Crippen molar-refractivity contribution in [3.05, 3.63) is 30.3 Å². The van der Waals surface area contributed by atoms with Crippen LogP contribution in [0, 0.1) is 5.41 Å². The molecule has 0 spiro atoms. The summed E-state index contributed by atoms with van der Waals surface area (Å²) in [7, 11) is 1.72. The highest BCUT2D eigenvalue weighted by molar-refractivity contribution is 5.38. The minimum Gasteiger partial charge on any atom is -0.385 e. The molecule has 6 heteroatoms. The Bertz CT molecular complexity index is 523. The summed E-state index contributed by atoms with van der Waals surface area (Å²) in [6, 6.07) is 9.83. The maximum absolute atomic E-state index is 5.13. The largest absolute Gasteiger partial charge is 0.385 e. The van der Waals surface area contributed by atoms with Crippen LogP contribution in [0.15, 0.2) is 30.3 Å². The van der Waals surface area contributed by atoms with Crippen molar-refractivity contribution in [2.75, 3.05) is 25.6 Å². The van der Waals surface area contributed by atoms with Crippen molar-refractivity contribution in [3.8, 4) is 5.69 Å². The van der Waals surface area contributed by atoms with Crippen molar-refractivity contribution in [3.63, 3.8) is 0 Å². The van der Waals surface area contributed by atoms with E-state index in [0.29, 0.717) is 5.95 Å². The second kappa shape index (κ2) is 6.47. The lowest BCUT2D eigenvalue weighted by molar-refractivity contribution is 0.157. The van der Waals surface area contributed by atoms with Crippen LogP contribution in [-0.4, -0.2) is 40.5 Å². The average molecular weight is 275 g/mol. The Kier molecular flexibility index (Phi) is 4.68. The number of methoxy groups -OCH3 is 1. The van der Waals surface area contributed by atoms with Crippen molar-refractivity contribution in [2.45, 2.75) is 20.3 Å². The first-order chi connectivity index (χ1) is 9.62. The number of benzene rings is 1. The zero-order valence-corrected chi connectivity index (χ0v) is 12.2. The van der Waals surface area contributed by atoms with Gasteiger partial charge in [-0.1, -0.05) is 37.1 Å². The molecule has 1 heterocycles. The van der Waals surface area contributed by atoms with Crippen molar-refractivity contribution >= 4 is 5.95 Å². The molecule has 0 aliphatic rings. The number of hydrogen-bond donors (Lipinski definition) is 1. The molecule has 0 saturated carbocycles. The number of aromatic nitrogens is 4. The maximum atomic E-state index is 5.13. The van der Waals surface area contributed by atoms with Crippen LogP contribution < -0.4 is 5.32 Å². The fourth-order valence-electron chi connectivity index (χ4n) is 1.83. The number of nitrogens with one attached hydrogen (secondary N) is 1. The first kappa shape index (κ1) is 14.5. The fraction of sp³-hybridized carbons (Fsp3) is 0.500. The van der Waals surface area contributed by atoms with Gasteiger partial charge in [0.15, 0.2) is 0 Å². The molecule has 0 radical (unpaired) electrons. The van der Waals surface area contributed by atoms with Gasteiger partial charge in [0.2, 0.25) is 5.95 Å². The molecule has 1 N–H and O–H groups in total. The summed E-state index contributed by atoms with van der Waals surface area (Å²) in [5, 5.41) is 15.1. The van der Waals surface area contributed by atoms with E-state index >= 15 is 0 Å². The Morgan fingerprint density at radius 2 is 2.00 bits per heavy atom. The van der Waals surface area contributed by atoms with E-state index in [2.05, 4.69) is 34.7 Å². The molecule has 6 nitrogen and oxygen atoms in total. The average Bonchev–Trinajstić information content (AvgIpc) is 2.93. The topological polar surface area (TPSA) is 64.9 Å². The van der Waals surface area contributed by atoms with Gasteiger partial charge in [-0.15, -0.1) is 0 Å². The number of nitrogens with zero attached hydrogens (tertiary/aromatic N) is 4. The third-order valence-corrected chi connectivity index (χ3v) is 3.18. The highest BCUT2D eigenvalue weighted by Crippen LogP contribution is 2.21. The van der Waals surface area contributed by atoms with Crippen LogP contribution in [0.3, 0.4) is 0 Å². The van der Waals surface area contributed by atoms with E-state index in [1.165, 1.54) is 0 Å². The lowest BCUT2D eigenvalue weighted by Gasteiger charge is -2.24. The minimum atomic E-state index is 0.115. The fourth-order valence-corrected chi connectivity index (χ4v) is 1.83. The smallest absolute Gasteiger partial charge is 0.247 e. The van der Waals surface area contributed by atoms with Crippen LogP contribution >= 0.6 is 0 Å². The van der Waals surface area contributed by atoms with Crippen molar-refractivity contribution in [1.29, 1.82) is 0 Å². The summed E-state index contributed by atoms with van der Waals surface area (Å²) in [5.41, 5.74) is 1.05. The van der Waals surface area contributed by atoms with Crippen LogP contribution in [0.1, 0.15) is 20.3 Å². The standard InChI is InChI=1S/C14H21N5O/c1-14(2,9-10-20-3)11-15-13-16-17-18-19(13)12-7-5-4-6-8-12/h4-8H,9-11H2,1-3H3,(H,15,16,18). The van der Waals surface area contributed by atoms with E-state index < -0.39 is 0 Å². The third-order valence-electron chi connectivity index (χ3n) is 3.18. The van der Waals surface area contributed by atoms with Crippen molar-refractivity contribution in [2.24, 2.45) is 5.41 Å². The summed E-state index contributed by atoms with van der Waals surface area (Å²) in [6.45, 7) is 5.91. The molecule has 0 aliphatic carbocycles. The zero-order valence-electron chi connectivity index (χ0n) is 12.2. The highest BCUT2D eigenvalue weighted by Gasteiger charge is 2.19. The Balaban J connectivity index is 2.03. The number of para-hydroxylation sites is 1. The van der Waals surface area contributed by atoms with Crippen molar-refractivity contribution < 1.29 is 4.74 Å². The van der Waals surface area contributed by atoms with Gasteiger partial charge in [0.25, 0.3) is 0 Å². The van der Waals surface area contributed by atoms with E-state index in [0.717, 1.165) is 25.3 Å². The first-order valence-corrected chi connectivity index (χ1v) is 6.69. The van der Waals surface area contributed by atoms with Crippen LogP contribution in [-0.2, 0) is 4.74 Å². The summed E-state index contributed by atoms with van der Waals surface area (Å²) in [4.78, 5) is 0. The normalized spacial score (nSPS) is 11.6. The molecule has 0 bridgehead atoms. The predicted octanol–water partition coefficient (Wildman–Crippen LogP) is 2.14. The molecule has 1 aromatic heterocycles. The molecule has 2 aromatic rings. The number of rotatable bonds is 7. The quantitative estimate of drug-likeness (QED) is 0.838. The predicted molar refractivity (Wildman–Crippen MR) is 77.9 cm³/mol. The Morgan fingerprint density at radius 3 is 2.70 bits per heavy atom. The molecule has 108 valence electrons. The molecule has 0 atom stereocenters. The van der Waals surface area contributed by atoms with Crippen LogP contribution in [0.25, 0.3) is 5.69 Å². The Labute approximate surface area is 119 Å². The lowest BCUT2D eigenvalue weighted by Crippen LogP contribution is -2.25. The van der Waals surface area contributed by atoms with Gasteiger partial charge in [-0.05, 0) is 34.4 Å². The minimum absolute atomic E-state index is 0.115. The lowest BCUT2D eigenvalue weighted by atomic mass is 9.90. The second-order valence-electron chi connectivity index (χ2n) is 5.51. The number of ether oxygens (including phenoxy) is 1. The number of anilines is 1. The van der Waals surface area contributed by atoms with Gasteiger partial charge < -0.3 is 10.1 Å². The molecular formula is C14H21N5O. The molecule has 20 heavy (non-hydrogen) atoms. The van der Waals surface area contributed by atoms with Crippen LogP contribution in [0.5, 0.6) is 0 Å². The maximum Gasteiger partial charge on any atom is 0.247 e. The molecule has 0 fully saturated rings. The van der Waals surface area contributed by atoms with Gasteiger partial charge in [-0.25, -0.2) is 0 Å². The Hall–Kier alpha value is -1.95. The van der Waals surface area contributed by atoms with E-state index in [1.54, 1.807) is 11.8 Å². The zero-order chi connectivity index (χ0) is 14.4. The van der Waals surface area contributed by atoms with Gasteiger partial charge in [0, 0.05) is 20.3 Å². The van der Waals surface area contributed by atoms with Gasteiger partial charge in [-0.3, -0.25) is 0 Å². The number of hydrogen-bond acceptors (Lipinski definition) is 5. The van der Waals surface area contributed by atoms with Gasteiger partial charge >= 0.3 is 0 Å². The van der Waals surface area contributed by atoms with Crippen molar-refractivity contribution in [1.82, 2.24) is 20.2 Å². The molecule has 0 amide bonds. The van der Waals surface area contributed by atoms with E-state index in [4.69, 9.17) is 4.74 Å². The second-order valence-corrected chi connectivity index (χ2v) is 5.51. The molecule has 1 aromatic carbocycles. The van der Waals surface area contributed by atoms with Gasteiger partial charge in [-0.2, -0.15) is 4.68 Å². The van der Waals surface area contributed by atoms with Gasteiger partial charge in [0.1, 0.15) is 0 Å². The third kappa shape index (κ3) is 3.77. The van der Waals surface area contributed by atoms with E-state index in [1.807, 2.05) is 30.3 Å². The monoisotopic (exact) mass is 275 g/mol. The first-order valence-electron chi connectivity index (χ1n) is 6.69. The molecule has 2 rings (SSSR count). The summed E-state index contributed by atoms with van der Waals surface area (Å²) in [6.07, 6.45) is 0.976. The summed E-state index contributed by atoms with van der Waals surface area (Å²) < 4.78 is 6.84. The molecule has 0 saturated heterocycles. The molecular weight excluding hydrogens is 254 g/mol. The van der Waals surface area contributed by atoms with Crippen LogP contribution in [0.2, 0.25) is 0 Å². The highest BCUT2D eigenvalue weighted by atomic mass is 16.5. The summed E-state index contributed by atoms with van der Waals surface area (Å²) in [5.74, 6) is 0.654. The van der Waals surface area contributed by atoms with Crippen LogP contribution in [0.4, 0.5) is 5.95 Å². The number of tetrazole rings is 1. The molecule has 0 unspecified atom stereocenters. The SMILES string of the molecule is COCCC(C)(C)CNc1nnnn1-c1ccccc1. The Morgan fingerprint density at radius 1 is 1.25 bits per heavy atom.